The average Bonchev–Trinajstić information content (AvgIpc) is 3.06. The van der Waals surface area contributed by atoms with Crippen molar-refractivity contribution in [2.45, 2.75) is 18.6 Å². The number of amides is 1. The van der Waals surface area contributed by atoms with Crippen molar-refractivity contribution in [3.8, 4) is 0 Å². The van der Waals surface area contributed by atoms with E-state index < -0.39 is 5.97 Å². The number of thioether (sulfide) groups is 1. The van der Waals surface area contributed by atoms with Gasteiger partial charge in [-0.2, -0.15) is 0 Å². The number of nitrogens with zero attached hydrogens (tertiary/aromatic N) is 3. The summed E-state index contributed by atoms with van der Waals surface area (Å²) in [5, 5.41) is 16.0. The van der Waals surface area contributed by atoms with Gasteiger partial charge in [-0.25, -0.2) is 9.78 Å². The molecule has 2 N–H and O–H groups in total. The average molecular weight is 400 g/mol. The van der Waals surface area contributed by atoms with Gasteiger partial charge in [0.25, 0.3) is 5.56 Å². The number of carboxylic acid groups (broad SMARTS) is 1. The molecule has 0 bridgehead atoms. The Morgan fingerprint density at radius 2 is 2.18 bits per heavy atom. The molecular weight excluding hydrogens is 384 g/mol. The number of benzene rings is 1. The van der Waals surface area contributed by atoms with Gasteiger partial charge < -0.3 is 14.9 Å². The topological polar surface area (TPSA) is 127 Å². The fraction of sp³-hybridized carbons (Fsp3) is 0.167. The first-order chi connectivity index (χ1) is 13.4. The first-order valence-electron chi connectivity index (χ1n) is 8.14. The molecule has 2 heterocycles. The van der Waals surface area contributed by atoms with E-state index in [0.717, 1.165) is 11.8 Å². The monoisotopic (exact) mass is 400 g/mol. The Morgan fingerprint density at radius 1 is 1.39 bits per heavy atom. The van der Waals surface area contributed by atoms with Gasteiger partial charge in [0.05, 0.1) is 22.2 Å². The predicted molar refractivity (Wildman–Crippen MR) is 104 cm³/mol. The minimum absolute atomic E-state index is 0.0240. The van der Waals surface area contributed by atoms with E-state index in [1.165, 1.54) is 22.8 Å². The van der Waals surface area contributed by atoms with Gasteiger partial charge in [0, 0.05) is 12.6 Å². The van der Waals surface area contributed by atoms with Crippen LogP contribution in [-0.2, 0) is 11.3 Å². The molecule has 0 aliphatic heterocycles. The number of aromatic nitrogens is 3. The summed E-state index contributed by atoms with van der Waals surface area (Å²) in [5.41, 5.74) is -0.0620. The summed E-state index contributed by atoms with van der Waals surface area (Å²) in [7, 11) is 0. The van der Waals surface area contributed by atoms with Crippen LogP contribution in [0.3, 0.4) is 0 Å². The minimum atomic E-state index is -1.12. The largest absolute Gasteiger partial charge is 0.478 e. The zero-order valence-electron chi connectivity index (χ0n) is 14.8. The van der Waals surface area contributed by atoms with Crippen molar-refractivity contribution in [1.82, 2.24) is 14.7 Å². The molecule has 0 unspecified atom stereocenters. The molecule has 0 radical (unpaired) electrons. The lowest BCUT2D eigenvalue weighted by Gasteiger charge is -2.11. The van der Waals surface area contributed by atoms with E-state index in [-0.39, 0.29) is 40.0 Å². The van der Waals surface area contributed by atoms with Gasteiger partial charge in [-0.15, -0.1) is 6.58 Å². The van der Waals surface area contributed by atoms with E-state index in [0.29, 0.717) is 17.0 Å². The maximum absolute atomic E-state index is 12.8. The van der Waals surface area contributed by atoms with Crippen LogP contribution in [-0.4, -0.2) is 37.4 Å². The summed E-state index contributed by atoms with van der Waals surface area (Å²) in [6.07, 6.45) is 1.54. The maximum Gasteiger partial charge on any atom is 0.335 e. The molecule has 0 saturated carbocycles. The van der Waals surface area contributed by atoms with E-state index >= 15 is 0 Å². The molecule has 1 amide bonds. The molecule has 3 aromatic rings. The predicted octanol–water partition coefficient (Wildman–Crippen LogP) is 2.31. The summed E-state index contributed by atoms with van der Waals surface area (Å²) in [6, 6.07) is 5.70. The summed E-state index contributed by atoms with van der Waals surface area (Å²) in [5.74, 6) is -0.635. The Hall–Kier alpha value is -3.40. The molecule has 9 nitrogen and oxygen atoms in total. The molecule has 2 aromatic heterocycles. The van der Waals surface area contributed by atoms with Crippen LogP contribution in [0.5, 0.6) is 0 Å². The van der Waals surface area contributed by atoms with Gasteiger partial charge >= 0.3 is 5.97 Å². The quantitative estimate of drug-likeness (QED) is 0.351. The van der Waals surface area contributed by atoms with E-state index in [4.69, 9.17) is 9.63 Å². The van der Waals surface area contributed by atoms with Crippen LogP contribution in [0.1, 0.15) is 16.1 Å². The third-order valence-corrected chi connectivity index (χ3v) is 4.68. The number of rotatable bonds is 7. The van der Waals surface area contributed by atoms with Crippen molar-refractivity contribution in [1.29, 1.82) is 0 Å². The molecule has 0 aliphatic carbocycles. The van der Waals surface area contributed by atoms with E-state index in [9.17, 15) is 14.4 Å². The van der Waals surface area contributed by atoms with Crippen LogP contribution in [0, 0.1) is 6.92 Å². The number of aromatic carboxylic acids is 1. The third kappa shape index (κ3) is 4.12. The van der Waals surface area contributed by atoms with Gasteiger partial charge in [-0.1, -0.05) is 23.0 Å². The SMILES string of the molecule is C=CCn1c(SCC(=O)Nc2cc(C)on2)nc2cc(C(=O)O)ccc2c1=O. The minimum Gasteiger partial charge on any atom is -0.478 e. The second-order valence-electron chi connectivity index (χ2n) is 5.80. The van der Waals surface area contributed by atoms with Gasteiger partial charge in [-0.05, 0) is 25.1 Å². The van der Waals surface area contributed by atoms with Crippen molar-refractivity contribution in [2.75, 3.05) is 11.1 Å². The highest BCUT2D eigenvalue weighted by atomic mass is 32.2. The lowest BCUT2D eigenvalue weighted by molar-refractivity contribution is -0.113. The van der Waals surface area contributed by atoms with Crippen molar-refractivity contribution < 1.29 is 19.2 Å². The molecule has 0 spiro atoms. The van der Waals surface area contributed by atoms with Crippen LogP contribution < -0.4 is 10.9 Å². The second kappa shape index (κ2) is 8.09. The number of carbonyl (C=O) groups excluding carboxylic acids is 1. The lowest BCUT2D eigenvalue weighted by Crippen LogP contribution is -2.24. The fourth-order valence-electron chi connectivity index (χ4n) is 2.47. The summed E-state index contributed by atoms with van der Waals surface area (Å²) in [6.45, 7) is 5.54. The zero-order valence-corrected chi connectivity index (χ0v) is 15.7. The highest BCUT2D eigenvalue weighted by Crippen LogP contribution is 2.19. The van der Waals surface area contributed by atoms with E-state index in [1.807, 2.05) is 0 Å². The Morgan fingerprint density at radius 3 is 2.82 bits per heavy atom. The van der Waals surface area contributed by atoms with Crippen molar-refractivity contribution in [3.05, 3.63) is 58.6 Å². The molecule has 0 fully saturated rings. The van der Waals surface area contributed by atoms with Crippen LogP contribution >= 0.6 is 11.8 Å². The van der Waals surface area contributed by atoms with Crippen LogP contribution in [0.2, 0.25) is 0 Å². The molecule has 144 valence electrons. The molecule has 0 saturated heterocycles. The van der Waals surface area contributed by atoms with Crippen LogP contribution in [0.4, 0.5) is 5.82 Å². The first kappa shape index (κ1) is 19.4. The van der Waals surface area contributed by atoms with Gasteiger partial charge in [-0.3, -0.25) is 14.2 Å². The zero-order chi connectivity index (χ0) is 20.3. The maximum atomic E-state index is 12.8. The van der Waals surface area contributed by atoms with Crippen LogP contribution in [0.15, 0.2) is 51.4 Å². The molecule has 10 heteroatoms. The number of carbonyl (C=O) groups is 2. The Balaban J connectivity index is 1.90. The summed E-state index contributed by atoms with van der Waals surface area (Å²) < 4.78 is 6.27. The number of allylic oxidation sites excluding steroid dienone is 1. The third-order valence-electron chi connectivity index (χ3n) is 3.71. The number of aryl methyl sites for hydroxylation is 1. The van der Waals surface area contributed by atoms with Crippen molar-refractivity contribution >= 4 is 40.4 Å². The first-order valence-corrected chi connectivity index (χ1v) is 9.12. The van der Waals surface area contributed by atoms with E-state index in [1.54, 1.807) is 19.1 Å². The number of hydrogen-bond donors (Lipinski definition) is 2. The van der Waals surface area contributed by atoms with Crippen molar-refractivity contribution in [2.24, 2.45) is 0 Å². The Bertz CT molecular complexity index is 1130. The van der Waals surface area contributed by atoms with Crippen LogP contribution in [0.25, 0.3) is 10.9 Å². The van der Waals surface area contributed by atoms with E-state index in [2.05, 4.69) is 22.0 Å². The van der Waals surface area contributed by atoms with Gasteiger partial charge in [0.1, 0.15) is 5.76 Å². The van der Waals surface area contributed by atoms with Gasteiger partial charge in [0.2, 0.25) is 5.91 Å². The number of nitrogens with one attached hydrogen (secondary N) is 1. The Labute approximate surface area is 163 Å². The number of anilines is 1. The molecule has 3 rings (SSSR count). The van der Waals surface area contributed by atoms with Crippen molar-refractivity contribution in [3.63, 3.8) is 0 Å². The normalized spacial score (nSPS) is 10.8. The smallest absolute Gasteiger partial charge is 0.335 e. The molecular formula is C18H16N4O5S. The number of carboxylic acids is 1. The number of hydrogen-bond acceptors (Lipinski definition) is 7. The second-order valence-corrected chi connectivity index (χ2v) is 6.74. The standard InChI is InChI=1S/C18H16N4O5S/c1-3-6-22-16(24)12-5-4-11(17(25)26)8-13(12)19-18(22)28-9-15(23)20-14-7-10(2)27-21-14/h3-5,7-8H,1,6,9H2,2H3,(H,25,26)(H,20,21,23). The summed E-state index contributed by atoms with van der Waals surface area (Å²) in [4.78, 5) is 40.4. The Kier molecular flexibility index (Phi) is 5.59. The van der Waals surface area contributed by atoms with Gasteiger partial charge in [0.15, 0.2) is 11.0 Å². The lowest BCUT2D eigenvalue weighted by atomic mass is 10.1. The molecule has 0 atom stereocenters. The molecule has 1 aromatic carbocycles. The summed E-state index contributed by atoms with van der Waals surface area (Å²) >= 11 is 1.05. The molecule has 28 heavy (non-hydrogen) atoms. The highest BCUT2D eigenvalue weighted by molar-refractivity contribution is 7.99. The molecule has 0 aliphatic rings. The number of fused-ring (bicyclic) bond motifs is 1. The highest BCUT2D eigenvalue weighted by Gasteiger charge is 2.15. The fourth-order valence-corrected chi connectivity index (χ4v) is 3.28.